The van der Waals surface area contributed by atoms with Gasteiger partial charge in [0.1, 0.15) is 0 Å². The summed E-state index contributed by atoms with van der Waals surface area (Å²) in [5.41, 5.74) is 6.44. The summed E-state index contributed by atoms with van der Waals surface area (Å²) < 4.78 is 0. The van der Waals surface area contributed by atoms with E-state index in [4.69, 9.17) is 5.73 Å². The predicted octanol–water partition coefficient (Wildman–Crippen LogP) is 1.60. The van der Waals surface area contributed by atoms with Crippen LogP contribution in [0.3, 0.4) is 0 Å². The van der Waals surface area contributed by atoms with Gasteiger partial charge in [0.25, 0.3) is 0 Å². The van der Waals surface area contributed by atoms with Gasteiger partial charge in [-0.2, -0.15) is 0 Å². The van der Waals surface area contributed by atoms with Crippen LogP contribution in [0.4, 0.5) is 0 Å². The van der Waals surface area contributed by atoms with Crippen LogP contribution >= 0.6 is 0 Å². The summed E-state index contributed by atoms with van der Waals surface area (Å²) in [4.78, 5) is 2.48. The molecule has 1 aliphatic rings. The molecule has 0 bridgehead atoms. The second-order valence-corrected chi connectivity index (χ2v) is 5.35. The first kappa shape index (κ1) is 10.0. The average molecular weight is 170 g/mol. The van der Waals surface area contributed by atoms with Gasteiger partial charge in [0.05, 0.1) is 0 Å². The van der Waals surface area contributed by atoms with Crippen molar-refractivity contribution in [1.82, 2.24) is 4.90 Å². The Morgan fingerprint density at radius 3 is 2.25 bits per heavy atom. The van der Waals surface area contributed by atoms with Crippen LogP contribution in [0.2, 0.25) is 0 Å². The molecule has 0 spiro atoms. The third-order valence-electron chi connectivity index (χ3n) is 2.68. The predicted molar refractivity (Wildman–Crippen MR) is 53.2 cm³/mol. The maximum atomic E-state index is 6.12. The Labute approximate surface area is 76.1 Å². The number of hydrogen-bond donors (Lipinski definition) is 1. The molecule has 1 fully saturated rings. The molecule has 0 aromatic rings. The van der Waals surface area contributed by atoms with E-state index in [1.54, 1.807) is 0 Å². The molecule has 1 rings (SSSR count). The number of nitrogens with two attached hydrogens (primary N) is 1. The lowest BCUT2D eigenvalue weighted by atomic mass is 9.89. The third kappa shape index (κ3) is 2.46. The van der Waals surface area contributed by atoms with E-state index in [1.807, 2.05) is 0 Å². The molecule has 1 saturated heterocycles. The molecule has 12 heavy (non-hydrogen) atoms. The van der Waals surface area contributed by atoms with Crippen molar-refractivity contribution in [2.24, 2.45) is 5.73 Å². The van der Waals surface area contributed by atoms with Crippen LogP contribution in [0.15, 0.2) is 0 Å². The van der Waals surface area contributed by atoms with E-state index >= 15 is 0 Å². The molecule has 0 aromatic carbocycles. The molecule has 2 nitrogen and oxygen atoms in total. The van der Waals surface area contributed by atoms with Gasteiger partial charge in [-0.1, -0.05) is 0 Å². The first-order valence-electron chi connectivity index (χ1n) is 4.85. The van der Waals surface area contributed by atoms with Crippen molar-refractivity contribution < 1.29 is 0 Å². The first-order valence-corrected chi connectivity index (χ1v) is 4.85. The van der Waals surface area contributed by atoms with Crippen molar-refractivity contribution >= 4 is 0 Å². The first-order chi connectivity index (χ1) is 5.31. The zero-order valence-corrected chi connectivity index (χ0v) is 8.85. The Morgan fingerprint density at radius 2 is 1.92 bits per heavy atom. The number of nitrogens with zero attached hydrogens (tertiary/aromatic N) is 1. The fourth-order valence-electron chi connectivity index (χ4n) is 1.84. The van der Waals surface area contributed by atoms with Crippen LogP contribution in [-0.2, 0) is 0 Å². The fourth-order valence-corrected chi connectivity index (χ4v) is 1.84. The molecule has 0 amide bonds. The Balaban J connectivity index is 2.58. The van der Waals surface area contributed by atoms with Crippen LogP contribution in [0, 0.1) is 0 Å². The van der Waals surface area contributed by atoms with E-state index in [0.717, 1.165) is 6.54 Å². The summed E-state index contributed by atoms with van der Waals surface area (Å²) in [5.74, 6) is 0. The lowest BCUT2D eigenvalue weighted by molar-refractivity contribution is 0.0714. The molecule has 72 valence electrons. The highest BCUT2D eigenvalue weighted by Crippen LogP contribution is 2.24. The van der Waals surface area contributed by atoms with Crippen LogP contribution < -0.4 is 5.73 Å². The second-order valence-electron chi connectivity index (χ2n) is 5.35. The minimum Gasteiger partial charge on any atom is -0.324 e. The Kier molecular flexibility index (Phi) is 2.50. The van der Waals surface area contributed by atoms with Gasteiger partial charge in [-0.25, -0.2) is 0 Å². The largest absolute Gasteiger partial charge is 0.324 e. The number of hydrogen-bond acceptors (Lipinski definition) is 2. The fraction of sp³-hybridized carbons (Fsp3) is 1.00. The van der Waals surface area contributed by atoms with Crippen LogP contribution in [0.5, 0.6) is 0 Å². The number of rotatable bonds is 0. The lowest BCUT2D eigenvalue weighted by Crippen LogP contribution is -2.57. The van der Waals surface area contributed by atoms with Gasteiger partial charge in [0.15, 0.2) is 0 Å². The van der Waals surface area contributed by atoms with Gasteiger partial charge >= 0.3 is 0 Å². The molecule has 0 saturated carbocycles. The van der Waals surface area contributed by atoms with E-state index < -0.39 is 0 Å². The molecule has 0 aromatic heterocycles. The zero-order valence-electron chi connectivity index (χ0n) is 8.85. The molecule has 1 atom stereocenters. The van der Waals surface area contributed by atoms with Crippen LogP contribution in [0.25, 0.3) is 0 Å². The average Bonchev–Trinajstić information content (AvgIpc) is 1.83. The Morgan fingerprint density at radius 1 is 1.33 bits per heavy atom. The number of piperidine rings is 1. The molecular weight excluding hydrogens is 148 g/mol. The maximum absolute atomic E-state index is 6.12. The molecule has 0 radical (unpaired) electrons. The highest BCUT2D eigenvalue weighted by molar-refractivity contribution is 4.91. The van der Waals surface area contributed by atoms with Gasteiger partial charge in [-0.05, 0) is 47.1 Å². The molecule has 1 heterocycles. The van der Waals surface area contributed by atoms with E-state index in [2.05, 4.69) is 32.6 Å². The van der Waals surface area contributed by atoms with E-state index in [1.165, 1.54) is 19.4 Å². The Bertz CT molecular complexity index is 152. The SMILES string of the molecule is CC1(N)CCCN(C(C)(C)C)C1. The zero-order chi connectivity index (χ0) is 9.41. The summed E-state index contributed by atoms with van der Waals surface area (Å²) in [5, 5.41) is 0. The van der Waals surface area contributed by atoms with Gasteiger partial charge in [0.2, 0.25) is 0 Å². The summed E-state index contributed by atoms with van der Waals surface area (Å²) in [6.45, 7) is 11.2. The Hall–Kier alpha value is -0.0800. The van der Waals surface area contributed by atoms with E-state index in [0.29, 0.717) is 0 Å². The smallest absolute Gasteiger partial charge is 0.0255 e. The quantitative estimate of drug-likeness (QED) is 0.598. The molecule has 1 unspecified atom stereocenters. The summed E-state index contributed by atoms with van der Waals surface area (Å²) in [6, 6.07) is 0. The van der Waals surface area contributed by atoms with Crippen molar-refractivity contribution in [3.05, 3.63) is 0 Å². The minimum atomic E-state index is 0.0333. The topological polar surface area (TPSA) is 29.3 Å². The molecule has 0 aliphatic carbocycles. The minimum absolute atomic E-state index is 0.0333. The second kappa shape index (κ2) is 3.00. The van der Waals surface area contributed by atoms with E-state index in [9.17, 15) is 0 Å². The van der Waals surface area contributed by atoms with Gasteiger partial charge < -0.3 is 5.73 Å². The van der Waals surface area contributed by atoms with Crippen molar-refractivity contribution in [1.29, 1.82) is 0 Å². The highest BCUT2D eigenvalue weighted by atomic mass is 15.2. The third-order valence-corrected chi connectivity index (χ3v) is 2.68. The molecule has 2 heteroatoms. The summed E-state index contributed by atoms with van der Waals surface area (Å²) in [7, 11) is 0. The standard InChI is InChI=1S/C10H22N2/c1-9(2,3)12-7-5-6-10(4,11)8-12/h5-8,11H2,1-4H3. The summed E-state index contributed by atoms with van der Waals surface area (Å²) in [6.07, 6.45) is 2.41. The lowest BCUT2D eigenvalue weighted by Gasteiger charge is -2.44. The molecular formula is C10H22N2. The van der Waals surface area contributed by atoms with Crippen LogP contribution in [0.1, 0.15) is 40.5 Å². The van der Waals surface area contributed by atoms with Gasteiger partial charge in [-0.15, -0.1) is 0 Å². The number of likely N-dealkylation sites (tertiary alicyclic amines) is 1. The molecule has 2 N–H and O–H groups in total. The van der Waals surface area contributed by atoms with Crippen molar-refractivity contribution in [3.63, 3.8) is 0 Å². The van der Waals surface area contributed by atoms with Gasteiger partial charge in [0, 0.05) is 17.6 Å². The highest BCUT2D eigenvalue weighted by Gasteiger charge is 2.32. The maximum Gasteiger partial charge on any atom is 0.0255 e. The van der Waals surface area contributed by atoms with Crippen molar-refractivity contribution in [3.8, 4) is 0 Å². The summed E-state index contributed by atoms with van der Waals surface area (Å²) >= 11 is 0. The van der Waals surface area contributed by atoms with Gasteiger partial charge in [-0.3, -0.25) is 4.90 Å². The van der Waals surface area contributed by atoms with E-state index in [-0.39, 0.29) is 11.1 Å². The van der Waals surface area contributed by atoms with Crippen molar-refractivity contribution in [2.75, 3.05) is 13.1 Å². The van der Waals surface area contributed by atoms with Crippen molar-refractivity contribution in [2.45, 2.75) is 51.6 Å². The monoisotopic (exact) mass is 170 g/mol. The normalized spacial score (nSPS) is 33.8. The molecule has 1 aliphatic heterocycles. The van der Waals surface area contributed by atoms with Crippen LogP contribution in [-0.4, -0.2) is 29.1 Å².